The van der Waals surface area contributed by atoms with Gasteiger partial charge in [0.2, 0.25) is 0 Å². The van der Waals surface area contributed by atoms with Crippen LogP contribution in [0.5, 0.6) is 0 Å². The fourth-order valence-electron chi connectivity index (χ4n) is 3.13. The first-order valence-corrected chi connectivity index (χ1v) is 7.84. The van der Waals surface area contributed by atoms with E-state index in [1.165, 1.54) is 29.7 Å². The number of nitrogens with zero attached hydrogens (tertiary/aromatic N) is 1. The largest absolute Gasteiger partial charge is 0.328 e. The quantitative estimate of drug-likeness (QED) is 0.925. The monoisotopic (exact) mass is 316 g/mol. The highest BCUT2D eigenvalue weighted by Crippen LogP contribution is 2.23. The minimum absolute atomic E-state index is 0. The maximum absolute atomic E-state index is 6.01. The fourth-order valence-corrected chi connectivity index (χ4v) is 3.13. The first kappa shape index (κ1) is 17.0. The average molecular weight is 317 g/mol. The van der Waals surface area contributed by atoms with Gasteiger partial charge in [-0.15, -0.1) is 12.4 Å². The molecule has 3 heteroatoms. The number of halogens is 1. The smallest absolute Gasteiger partial charge is 0.0233 e. The number of hydrogen-bond donors (Lipinski definition) is 1. The van der Waals surface area contributed by atoms with Crippen molar-refractivity contribution in [3.63, 3.8) is 0 Å². The third-order valence-electron chi connectivity index (χ3n) is 4.52. The van der Waals surface area contributed by atoms with Crippen molar-refractivity contribution in [1.29, 1.82) is 0 Å². The molecule has 1 heterocycles. The first-order valence-electron chi connectivity index (χ1n) is 7.84. The molecular formula is C19H25ClN2. The van der Waals surface area contributed by atoms with E-state index >= 15 is 0 Å². The zero-order chi connectivity index (χ0) is 14.7. The number of rotatable bonds is 4. The van der Waals surface area contributed by atoms with Gasteiger partial charge in [0.15, 0.2) is 0 Å². The molecule has 3 rings (SSSR count). The summed E-state index contributed by atoms with van der Waals surface area (Å²) in [5.41, 5.74) is 9.97. The van der Waals surface area contributed by atoms with Crippen molar-refractivity contribution >= 4 is 12.4 Å². The van der Waals surface area contributed by atoms with Crippen LogP contribution in [0.25, 0.3) is 11.1 Å². The molecule has 0 aromatic heterocycles. The minimum Gasteiger partial charge on any atom is -0.328 e. The summed E-state index contributed by atoms with van der Waals surface area (Å²) in [6.45, 7) is 5.48. The second-order valence-corrected chi connectivity index (χ2v) is 6.21. The summed E-state index contributed by atoms with van der Waals surface area (Å²) < 4.78 is 0. The molecule has 0 saturated carbocycles. The Labute approximate surface area is 139 Å². The Kier molecular flexibility index (Phi) is 6.01. The second-order valence-electron chi connectivity index (χ2n) is 6.21. The molecule has 1 saturated heterocycles. The Morgan fingerprint density at radius 1 is 1.05 bits per heavy atom. The molecule has 2 unspecified atom stereocenters. The van der Waals surface area contributed by atoms with Gasteiger partial charge in [0.05, 0.1) is 0 Å². The predicted molar refractivity (Wildman–Crippen MR) is 96.2 cm³/mol. The third-order valence-corrected chi connectivity index (χ3v) is 4.52. The van der Waals surface area contributed by atoms with Gasteiger partial charge in [-0.1, -0.05) is 54.6 Å². The van der Waals surface area contributed by atoms with Crippen LogP contribution in [-0.4, -0.2) is 24.0 Å². The van der Waals surface area contributed by atoms with Gasteiger partial charge in [-0.3, -0.25) is 4.90 Å². The highest BCUT2D eigenvalue weighted by atomic mass is 35.5. The second kappa shape index (κ2) is 7.77. The van der Waals surface area contributed by atoms with E-state index in [0.717, 1.165) is 13.1 Å². The standard InChI is InChI=1S/C19H24N2.ClH/c1-15(20)19-11-12-21(14-19)13-16-7-9-18(10-8-16)17-5-3-2-4-6-17;/h2-10,15,19H,11-14,20H2,1H3;1H. The molecular weight excluding hydrogens is 292 g/mol. The Morgan fingerprint density at radius 2 is 1.68 bits per heavy atom. The molecule has 2 N–H and O–H groups in total. The maximum atomic E-state index is 6.01. The maximum Gasteiger partial charge on any atom is 0.0233 e. The van der Waals surface area contributed by atoms with Crippen LogP contribution in [0.4, 0.5) is 0 Å². The summed E-state index contributed by atoms with van der Waals surface area (Å²) >= 11 is 0. The van der Waals surface area contributed by atoms with E-state index < -0.39 is 0 Å². The Hall–Kier alpha value is -1.35. The lowest BCUT2D eigenvalue weighted by Crippen LogP contribution is -2.29. The molecule has 1 aliphatic rings. The van der Waals surface area contributed by atoms with Gasteiger partial charge in [-0.2, -0.15) is 0 Å². The topological polar surface area (TPSA) is 29.3 Å². The van der Waals surface area contributed by atoms with Crippen LogP contribution in [-0.2, 0) is 6.54 Å². The third kappa shape index (κ3) is 4.10. The lowest BCUT2D eigenvalue weighted by atomic mass is 10.0. The Morgan fingerprint density at radius 3 is 2.27 bits per heavy atom. The normalized spacial score (nSPS) is 19.6. The van der Waals surface area contributed by atoms with Crippen molar-refractivity contribution in [2.45, 2.75) is 25.9 Å². The van der Waals surface area contributed by atoms with Gasteiger partial charge in [0.25, 0.3) is 0 Å². The molecule has 2 aromatic rings. The van der Waals surface area contributed by atoms with Crippen LogP contribution >= 0.6 is 12.4 Å². The summed E-state index contributed by atoms with van der Waals surface area (Å²) in [6, 6.07) is 19.8. The molecule has 2 aromatic carbocycles. The van der Waals surface area contributed by atoms with Gasteiger partial charge in [0.1, 0.15) is 0 Å². The SMILES string of the molecule is CC(N)C1CCN(Cc2ccc(-c3ccccc3)cc2)C1.Cl. The summed E-state index contributed by atoms with van der Waals surface area (Å²) in [7, 11) is 0. The summed E-state index contributed by atoms with van der Waals surface area (Å²) in [4.78, 5) is 2.52. The van der Waals surface area contributed by atoms with E-state index in [9.17, 15) is 0 Å². The van der Waals surface area contributed by atoms with Gasteiger partial charge in [0, 0.05) is 19.1 Å². The van der Waals surface area contributed by atoms with E-state index in [0.29, 0.717) is 12.0 Å². The zero-order valence-corrected chi connectivity index (χ0v) is 13.9. The summed E-state index contributed by atoms with van der Waals surface area (Å²) in [5.74, 6) is 0.661. The lowest BCUT2D eigenvalue weighted by molar-refractivity contribution is 0.308. The van der Waals surface area contributed by atoms with E-state index in [-0.39, 0.29) is 12.4 Å². The zero-order valence-electron chi connectivity index (χ0n) is 13.1. The highest BCUT2D eigenvalue weighted by molar-refractivity contribution is 5.85. The van der Waals surface area contributed by atoms with E-state index in [4.69, 9.17) is 5.73 Å². The van der Waals surface area contributed by atoms with Gasteiger partial charge >= 0.3 is 0 Å². The molecule has 2 atom stereocenters. The van der Waals surface area contributed by atoms with Crippen molar-refractivity contribution in [1.82, 2.24) is 4.90 Å². The van der Waals surface area contributed by atoms with Crippen LogP contribution in [0.2, 0.25) is 0 Å². The van der Waals surface area contributed by atoms with Crippen molar-refractivity contribution in [3.05, 3.63) is 60.2 Å². The molecule has 1 aliphatic heterocycles. The van der Waals surface area contributed by atoms with Crippen LogP contribution in [0, 0.1) is 5.92 Å². The highest BCUT2D eigenvalue weighted by Gasteiger charge is 2.24. The summed E-state index contributed by atoms with van der Waals surface area (Å²) in [5, 5.41) is 0. The predicted octanol–water partition coefficient (Wildman–Crippen LogP) is 3.94. The van der Waals surface area contributed by atoms with Crippen LogP contribution in [0.1, 0.15) is 18.9 Å². The van der Waals surface area contributed by atoms with Crippen molar-refractivity contribution < 1.29 is 0 Å². The molecule has 0 bridgehead atoms. The summed E-state index contributed by atoms with van der Waals surface area (Å²) in [6.07, 6.45) is 1.24. The number of nitrogens with two attached hydrogens (primary N) is 1. The number of benzene rings is 2. The number of hydrogen-bond acceptors (Lipinski definition) is 2. The molecule has 1 fully saturated rings. The Bertz CT molecular complexity index is 566. The van der Waals surface area contributed by atoms with Crippen LogP contribution < -0.4 is 5.73 Å². The molecule has 0 amide bonds. The Balaban J connectivity index is 0.00000176. The molecule has 2 nitrogen and oxygen atoms in total. The molecule has 0 radical (unpaired) electrons. The van der Waals surface area contributed by atoms with Crippen LogP contribution in [0.3, 0.4) is 0 Å². The lowest BCUT2D eigenvalue weighted by Gasteiger charge is -2.18. The number of likely N-dealkylation sites (tertiary alicyclic amines) is 1. The molecule has 0 spiro atoms. The molecule has 118 valence electrons. The minimum atomic E-state index is 0. The van der Waals surface area contributed by atoms with Gasteiger partial charge < -0.3 is 5.73 Å². The van der Waals surface area contributed by atoms with E-state index in [2.05, 4.69) is 66.4 Å². The fraction of sp³-hybridized carbons (Fsp3) is 0.368. The molecule has 0 aliphatic carbocycles. The van der Waals surface area contributed by atoms with Gasteiger partial charge in [-0.05, 0) is 42.5 Å². The van der Waals surface area contributed by atoms with Crippen molar-refractivity contribution in [3.8, 4) is 11.1 Å². The molecule has 22 heavy (non-hydrogen) atoms. The van der Waals surface area contributed by atoms with Crippen LogP contribution in [0.15, 0.2) is 54.6 Å². The average Bonchev–Trinajstić information content (AvgIpc) is 2.98. The van der Waals surface area contributed by atoms with Crippen molar-refractivity contribution in [2.75, 3.05) is 13.1 Å². The van der Waals surface area contributed by atoms with Crippen molar-refractivity contribution in [2.24, 2.45) is 11.7 Å². The van der Waals surface area contributed by atoms with E-state index in [1.807, 2.05) is 0 Å². The first-order chi connectivity index (χ1) is 10.2. The van der Waals surface area contributed by atoms with Gasteiger partial charge in [-0.25, -0.2) is 0 Å². The van der Waals surface area contributed by atoms with E-state index in [1.54, 1.807) is 0 Å².